The molecule has 0 unspecified atom stereocenters. The van der Waals surface area contributed by atoms with Gasteiger partial charge >= 0.3 is 236 Å². The topological polar surface area (TPSA) is 112 Å². The van der Waals surface area contributed by atoms with Gasteiger partial charge in [-0.15, -0.1) is 0 Å². The average molecular weight is 566 g/mol. The summed E-state index contributed by atoms with van der Waals surface area (Å²) in [4.78, 5) is 2.32. The van der Waals surface area contributed by atoms with Crippen LogP contribution in [-0.2, 0) is 56.9 Å². The normalized spacial score (nSPS) is 7.68. The molecule has 3 aromatic rings. The molecular formula is C29H20ClCrNO6. The third kappa shape index (κ3) is 16.2. The van der Waals surface area contributed by atoms with Crippen LogP contribution in [0.1, 0.15) is 16.7 Å². The molecule has 0 saturated carbocycles. The minimum atomic E-state index is 0.545. The number of halogens is 1. The number of ether oxygens (including phenoxy) is 1. The zero-order valence-corrected chi connectivity index (χ0v) is 22.1. The summed E-state index contributed by atoms with van der Waals surface area (Å²) in [6.45, 7) is 24.0. The fourth-order valence-electron chi connectivity index (χ4n) is 2.89. The molecular weight excluding hydrogens is 546 g/mol. The van der Waals surface area contributed by atoms with Gasteiger partial charge in [0.1, 0.15) is 0 Å². The van der Waals surface area contributed by atoms with Gasteiger partial charge in [-0.2, -0.15) is 0 Å². The van der Waals surface area contributed by atoms with Crippen molar-refractivity contribution in [2.75, 3.05) is 12.0 Å². The summed E-state index contributed by atoms with van der Waals surface area (Å²) in [6.07, 6.45) is 0. The first-order chi connectivity index (χ1) is 18.7. The van der Waals surface area contributed by atoms with Crippen LogP contribution in [0.3, 0.4) is 0 Å². The molecule has 190 valence electrons. The zero-order valence-electron chi connectivity index (χ0n) is 20.1. The van der Waals surface area contributed by atoms with Crippen molar-refractivity contribution in [2.45, 2.75) is 13.1 Å². The molecule has 9 heteroatoms. The van der Waals surface area contributed by atoms with Crippen molar-refractivity contribution in [1.82, 2.24) is 0 Å². The molecule has 0 radical (unpaired) electrons. The van der Waals surface area contributed by atoms with Crippen LogP contribution in [-0.4, -0.2) is 11.7 Å². The Bertz CT molecular complexity index is 1150. The Kier molecular flexibility index (Phi) is 28.6. The van der Waals surface area contributed by atoms with Gasteiger partial charge in [-0.25, -0.2) is 0 Å². The fourth-order valence-corrected chi connectivity index (χ4v) is 3.14. The van der Waals surface area contributed by atoms with Crippen LogP contribution in [0.2, 0.25) is 5.02 Å². The average Bonchev–Trinajstić information content (AvgIpc) is 3.02. The first-order valence-corrected chi connectivity index (χ1v) is 10.9. The minimum absolute atomic E-state index is 0.545. The van der Waals surface area contributed by atoms with Gasteiger partial charge < -0.3 is 0 Å². The van der Waals surface area contributed by atoms with Gasteiger partial charge in [-0.1, -0.05) is 0 Å². The number of rotatable bonds is 6. The van der Waals surface area contributed by atoms with Gasteiger partial charge in [0.25, 0.3) is 0 Å². The summed E-state index contributed by atoms with van der Waals surface area (Å²) in [6, 6.07) is 26.7. The molecule has 3 rings (SSSR count). The van der Waals surface area contributed by atoms with E-state index in [9.17, 15) is 0 Å². The number of anilines is 1. The second kappa shape index (κ2) is 28.0. The molecule has 0 aliphatic carbocycles. The quantitative estimate of drug-likeness (QED) is 0.237. The van der Waals surface area contributed by atoms with Crippen LogP contribution in [0.15, 0.2) is 78.9 Å². The monoisotopic (exact) mass is 565 g/mol. The van der Waals surface area contributed by atoms with E-state index >= 15 is 0 Å². The molecule has 0 aromatic heterocycles. The molecule has 0 spiro atoms. The Morgan fingerprint density at radius 1 is 0.763 bits per heavy atom. The second-order valence-corrected chi connectivity index (χ2v) is 7.25. The van der Waals surface area contributed by atoms with Gasteiger partial charge in [-0.05, 0) is 0 Å². The van der Waals surface area contributed by atoms with E-state index in [1.54, 1.807) is 7.11 Å². The molecule has 3 aromatic carbocycles. The third-order valence-corrected chi connectivity index (χ3v) is 4.87. The van der Waals surface area contributed by atoms with Crippen molar-refractivity contribution < 1.29 is 43.8 Å². The SMILES string of the molecule is CO[C](=[Cr])C#Cc1cc(Cl)ccc1N(Cc1ccccc1)Cc1ccccc1.[C-]#[O+].[C-]#[O+].[C-]#[O+].[C-]#[O+].[C-]#[O+]. The van der Waals surface area contributed by atoms with Crippen LogP contribution < -0.4 is 4.90 Å². The summed E-state index contributed by atoms with van der Waals surface area (Å²) in [5.41, 5.74) is 4.37. The van der Waals surface area contributed by atoms with Crippen molar-refractivity contribution in [1.29, 1.82) is 0 Å². The Hall–Kier alpha value is -3.63. The van der Waals surface area contributed by atoms with Crippen molar-refractivity contribution in [3.63, 3.8) is 0 Å². The predicted octanol–water partition coefficient (Wildman–Crippen LogP) is 5.03. The van der Waals surface area contributed by atoms with Crippen molar-refractivity contribution in [2.24, 2.45) is 0 Å². The zero-order chi connectivity index (χ0) is 29.8. The standard InChI is InChI=1S/C24H20ClNO.5CO.Cr/c1-27-16-8-13-22-17-23(25)14-15-24(22)26(18-20-9-4-2-5-10-20)19-21-11-6-3-7-12-21;5*1-2;/h2-7,9-12,14-15,17H,18-19H2,1H3;;;;;;. The molecule has 0 amide bonds. The fraction of sp³-hybridized carbons (Fsp3) is 0.103. The Balaban J connectivity index is -0.00000110. The van der Waals surface area contributed by atoms with E-state index in [1.165, 1.54) is 11.1 Å². The number of methoxy groups -OCH3 is 1. The van der Waals surface area contributed by atoms with E-state index in [0.29, 0.717) is 9.59 Å². The van der Waals surface area contributed by atoms with Crippen LogP contribution >= 0.6 is 11.6 Å². The van der Waals surface area contributed by atoms with E-state index in [0.717, 1.165) is 24.3 Å². The van der Waals surface area contributed by atoms with E-state index in [-0.39, 0.29) is 0 Å². The van der Waals surface area contributed by atoms with Gasteiger partial charge in [0, 0.05) is 0 Å². The van der Waals surface area contributed by atoms with E-state index in [2.05, 4.69) is 114 Å². The number of hydrogen-bond acceptors (Lipinski definition) is 2. The molecule has 0 aliphatic heterocycles. The Morgan fingerprint density at radius 3 is 1.58 bits per heavy atom. The van der Waals surface area contributed by atoms with Crippen molar-refractivity contribution >= 4 is 21.9 Å². The summed E-state index contributed by atoms with van der Waals surface area (Å²) in [5.74, 6) is 6.19. The first-order valence-electron chi connectivity index (χ1n) is 9.90. The predicted molar refractivity (Wildman–Crippen MR) is 133 cm³/mol. The molecule has 0 saturated heterocycles. The van der Waals surface area contributed by atoms with E-state index in [1.807, 2.05) is 30.3 Å². The second-order valence-electron chi connectivity index (χ2n) is 6.23. The molecule has 0 bridgehead atoms. The van der Waals surface area contributed by atoms with Gasteiger partial charge in [0.2, 0.25) is 0 Å². The van der Waals surface area contributed by atoms with E-state index < -0.39 is 0 Å². The maximum atomic E-state index is 7.50. The van der Waals surface area contributed by atoms with Crippen LogP contribution in [0.4, 0.5) is 5.69 Å². The summed E-state index contributed by atoms with van der Waals surface area (Å²) in [5, 5.41) is 0.659. The molecule has 0 heterocycles. The van der Waals surface area contributed by atoms with Gasteiger partial charge in [0.05, 0.1) is 0 Å². The van der Waals surface area contributed by atoms with Crippen LogP contribution in [0.5, 0.6) is 0 Å². The molecule has 0 N–H and O–H groups in total. The number of benzene rings is 3. The molecule has 0 aliphatic rings. The van der Waals surface area contributed by atoms with E-state index in [4.69, 9.17) is 39.6 Å². The summed E-state index contributed by atoms with van der Waals surface area (Å²) < 4.78 is 43.2. The summed E-state index contributed by atoms with van der Waals surface area (Å²) >= 11 is 9.07. The number of nitrogens with zero attached hydrogens (tertiary/aromatic N) is 1. The molecule has 7 nitrogen and oxygen atoms in total. The first kappa shape index (κ1) is 38.9. The number of hydrogen-bond donors (Lipinski definition) is 0. The molecule has 0 fully saturated rings. The van der Waals surface area contributed by atoms with Gasteiger partial charge in [-0.3, -0.25) is 0 Å². The van der Waals surface area contributed by atoms with Gasteiger partial charge in [0.15, 0.2) is 0 Å². The van der Waals surface area contributed by atoms with Crippen LogP contribution in [0.25, 0.3) is 0 Å². The Labute approximate surface area is 235 Å². The van der Waals surface area contributed by atoms with Crippen molar-refractivity contribution in [3.05, 3.63) is 134 Å². The third-order valence-electron chi connectivity index (χ3n) is 4.22. The Morgan fingerprint density at radius 2 is 1.18 bits per heavy atom. The summed E-state index contributed by atoms with van der Waals surface area (Å²) in [7, 11) is 1.59. The molecule has 38 heavy (non-hydrogen) atoms. The molecule has 0 atom stereocenters. The van der Waals surface area contributed by atoms with Crippen LogP contribution in [0, 0.1) is 45.1 Å². The van der Waals surface area contributed by atoms with Crippen molar-refractivity contribution in [3.8, 4) is 11.8 Å². The maximum absolute atomic E-state index is 7.50.